The van der Waals surface area contributed by atoms with Gasteiger partial charge in [-0.2, -0.15) is 0 Å². The first-order valence-corrected chi connectivity index (χ1v) is 12.3. The summed E-state index contributed by atoms with van der Waals surface area (Å²) in [5, 5.41) is 5.90. The van der Waals surface area contributed by atoms with E-state index in [2.05, 4.69) is 15.6 Å². The third-order valence-corrected chi connectivity index (χ3v) is 6.99. The van der Waals surface area contributed by atoms with Gasteiger partial charge in [0.2, 0.25) is 5.91 Å². The molecular weight excluding hydrogens is 454 g/mol. The average Bonchev–Trinajstić information content (AvgIpc) is 3.59. The fourth-order valence-corrected chi connectivity index (χ4v) is 4.89. The van der Waals surface area contributed by atoms with Gasteiger partial charge in [-0.1, -0.05) is 59.7 Å². The molecule has 2 N–H and O–H groups in total. The Balaban J connectivity index is 1.35. The summed E-state index contributed by atoms with van der Waals surface area (Å²) in [6.45, 7) is 6.77. The monoisotopic (exact) mass is 485 g/mol. The van der Waals surface area contributed by atoms with Crippen molar-refractivity contribution in [2.75, 3.05) is 0 Å². The van der Waals surface area contributed by atoms with Gasteiger partial charge in [0.25, 0.3) is 11.8 Å². The SMILES string of the molecule is Cc1ccc(CNC(=O)C2(C)Cn3cnc(C(=O)NCc4cccc(C)c4)c3C(=O)N2C2CC2)cc1. The van der Waals surface area contributed by atoms with Crippen LogP contribution in [0, 0.1) is 13.8 Å². The Kier molecular flexibility index (Phi) is 6.12. The number of aromatic nitrogens is 2. The molecule has 0 radical (unpaired) electrons. The number of hydrogen-bond donors (Lipinski definition) is 2. The molecule has 1 aliphatic carbocycles. The van der Waals surface area contributed by atoms with E-state index in [0.717, 1.165) is 35.1 Å². The molecule has 8 heteroatoms. The molecule has 0 spiro atoms. The van der Waals surface area contributed by atoms with Crippen LogP contribution >= 0.6 is 0 Å². The summed E-state index contributed by atoms with van der Waals surface area (Å²) in [7, 11) is 0. The molecule has 2 aliphatic rings. The van der Waals surface area contributed by atoms with Gasteiger partial charge < -0.3 is 20.1 Å². The van der Waals surface area contributed by atoms with E-state index < -0.39 is 11.4 Å². The predicted octanol–water partition coefficient (Wildman–Crippen LogP) is 3.12. The smallest absolute Gasteiger partial charge is 0.274 e. The summed E-state index contributed by atoms with van der Waals surface area (Å²) in [5.74, 6) is -0.940. The number of amides is 3. The molecule has 0 saturated heterocycles. The Morgan fingerprint density at radius 3 is 2.42 bits per heavy atom. The maximum absolute atomic E-state index is 13.7. The van der Waals surface area contributed by atoms with E-state index in [1.807, 2.05) is 62.4 Å². The van der Waals surface area contributed by atoms with Crippen LogP contribution in [0.25, 0.3) is 0 Å². The normalized spacial score (nSPS) is 19.1. The van der Waals surface area contributed by atoms with Crippen LogP contribution in [0.4, 0.5) is 0 Å². The number of fused-ring (bicyclic) bond motifs is 1. The van der Waals surface area contributed by atoms with Crippen LogP contribution in [0.3, 0.4) is 0 Å². The molecule has 1 fully saturated rings. The molecule has 8 nitrogen and oxygen atoms in total. The van der Waals surface area contributed by atoms with Crippen molar-refractivity contribution in [1.29, 1.82) is 0 Å². The number of nitrogens with zero attached hydrogens (tertiary/aromatic N) is 3. The zero-order chi connectivity index (χ0) is 25.4. The van der Waals surface area contributed by atoms with Crippen molar-refractivity contribution in [2.45, 2.75) is 64.8 Å². The van der Waals surface area contributed by atoms with Gasteiger partial charge in [-0.05, 0) is 44.7 Å². The molecule has 1 saturated carbocycles. The summed E-state index contributed by atoms with van der Waals surface area (Å²) in [5.41, 5.74) is 3.49. The Hall–Kier alpha value is -3.94. The number of carbonyl (C=O) groups excluding carboxylic acids is 3. The van der Waals surface area contributed by atoms with Gasteiger partial charge in [-0.15, -0.1) is 0 Å². The van der Waals surface area contributed by atoms with Crippen LogP contribution in [0.1, 0.15) is 63.0 Å². The number of nitrogens with one attached hydrogen (secondary N) is 2. The lowest BCUT2D eigenvalue weighted by Crippen LogP contribution is -2.64. The molecule has 5 rings (SSSR count). The van der Waals surface area contributed by atoms with Crippen molar-refractivity contribution in [3.05, 3.63) is 88.5 Å². The Labute approximate surface area is 210 Å². The van der Waals surface area contributed by atoms with Crippen molar-refractivity contribution in [3.8, 4) is 0 Å². The van der Waals surface area contributed by atoms with E-state index in [9.17, 15) is 14.4 Å². The van der Waals surface area contributed by atoms with Crippen molar-refractivity contribution < 1.29 is 14.4 Å². The third-order valence-electron chi connectivity index (χ3n) is 6.99. The summed E-state index contributed by atoms with van der Waals surface area (Å²) >= 11 is 0. The van der Waals surface area contributed by atoms with Crippen molar-refractivity contribution in [1.82, 2.24) is 25.1 Å². The highest BCUT2D eigenvalue weighted by Gasteiger charge is 2.53. The molecular formula is C28H31N5O3. The first kappa shape index (κ1) is 23.8. The molecule has 0 bridgehead atoms. The summed E-state index contributed by atoms with van der Waals surface area (Å²) < 4.78 is 1.65. The predicted molar refractivity (Wildman–Crippen MR) is 135 cm³/mol. The molecule has 3 amide bonds. The molecule has 1 atom stereocenters. The summed E-state index contributed by atoms with van der Waals surface area (Å²) in [4.78, 5) is 46.2. The van der Waals surface area contributed by atoms with E-state index in [4.69, 9.17) is 0 Å². The highest BCUT2D eigenvalue weighted by Crippen LogP contribution is 2.38. The van der Waals surface area contributed by atoms with Gasteiger partial charge in [0.1, 0.15) is 11.2 Å². The van der Waals surface area contributed by atoms with Crippen molar-refractivity contribution in [2.24, 2.45) is 0 Å². The van der Waals surface area contributed by atoms with Gasteiger partial charge in [0.05, 0.1) is 12.9 Å². The van der Waals surface area contributed by atoms with E-state index in [1.54, 1.807) is 16.4 Å². The minimum absolute atomic E-state index is 0.0144. The number of imidazole rings is 1. The lowest BCUT2D eigenvalue weighted by atomic mass is 9.93. The Bertz CT molecular complexity index is 1330. The fraction of sp³-hybridized carbons (Fsp3) is 0.357. The Morgan fingerprint density at radius 1 is 1.00 bits per heavy atom. The second kappa shape index (κ2) is 9.26. The highest BCUT2D eigenvalue weighted by molar-refractivity contribution is 6.07. The maximum Gasteiger partial charge on any atom is 0.274 e. The lowest BCUT2D eigenvalue weighted by molar-refractivity contribution is -0.133. The van der Waals surface area contributed by atoms with E-state index in [1.165, 1.54) is 6.33 Å². The second-order valence-electron chi connectivity index (χ2n) is 10.1. The topological polar surface area (TPSA) is 96.3 Å². The number of rotatable bonds is 7. The van der Waals surface area contributed by atoms with Gasteiger partial charge in [-0.25, -0.2) is 4.98 Å². The standard InChI is InChI=1S/C28H31N5O3/c1-18-7-9-20(10-8-18)14-30-27(36)28(3)16-32-17-31-23(24(32)26(35)33(28)22-11-12-22)25(34)29-15-21-6-4-5-19(2)13-21/h4-10,13,17,22H,11-12,14-16H2,1-3H3,(H,29,34)(H,30,36). The van der Waals surface area contributed by atoms with Gasteiger partial charge >= 0.3 is 0 Å². The van der Waals surface area contributed by atoms with E-state index in [0.29, 0.717) is 13.1 Å². The molecule has 36 heavy (non-hydrogen) atoms. The lowest BCUT2D eigenvalue weighted by Gasteiger charge is -2.44. The van der Waals surface area contributed by atoms with Crippen molar-refractivity contribution >= 4 is 17.7 Å². The minimum atomic E-state index is -1.08. The Morgan fingerprint density at radius 2 is 1.72 bits per heavy atom. The van der Waals surface area contributed by atoms with Gasteiger partial charge in [0, 0.05) is 19.1 Å². The maximum atomic E-state index is 13.7. The number of aryl methyl sites for hydroxylation is 2. The zero-order valence-electron chi connectivity index (χ0n) is 20.9. The van der Waals surface area contributed by atoms with Crippen LogP contribution in [0.5, 0.6) is 0 Å². The third kappa shape index (κ3) is 4.51. The number of benzene rings is 2. The molecule has 1 aromatic heterocycles. The van der Waals surface area contributed by atoms with Crippen LogP contribution in [0.15, 0.2) is 54.9 Å². The van der Waals surface area contributed by atoms with Crippen LogP contribution < -0.4 is 10.6 Å². The van der Waals surface area contributed by atoms with Crippen LogP contribution in [-0.2, 0) is 24.4 Å². The average molecular weight is 486 g/mol. The molecule has 3 aromatic rings. The van der Waals surface area contributed by atoms with Crippen LogP contribution in [0.2, 0.25) is 0 Å². The van der Waals surface area contributed by atoms with Gasteiger partial charge in [-0.3, -0.25) is 14.4 Å². The first-order valence-electron chi connectivity index (χ1n) is 12.3. The summed E-state index contributed by atoms with van der Waals surface area (Å²) in [6.07, 6.45) is 3.18. The number of carbonyl (C=O) groups is 3. The highest BCUT2D eigenvalue weighted by atomic mass is 16.2. The fourth-order valence-electron chi connectivity index (χ4n) is 4.89. The minimum Gasteiger partial charge on any atom is -0.350 e. The van der Waals surface area contributed by atoms with Crippen molar-refractivity contribution in [3.63, 3.8) is 0 Å². The largest absolute Gasteiger partial charge is 0.350 e. The van der Waals surface area contributed by atoms with E-state index in [-0.39, 0.29) is 35.8 Å². The van der Waals surface area contributed by atoms with Gasteiger partial charge in [0.15, 0.2) is 5.69 Å². The molecule has 1 unspecified atom stereocenters. The molecule has 2 heterocycles. The number of hydrogen-bond acceptors (Lipinski definition) is 4. The summed E-state index contributed by atoms with van der Waals surface area (Å²) in [6, 6.07) is 15.9. The van der Waals surface area contributed by atoms with E-state index >= 15 is 0 Å². The second-order valence-corrected chi connectivity index (χ2v) is 10.1. The first-order chi connectivity index (χ1) is 17.3. The quantitative estimate of drug-likeness (QED) is 0.538. The zero-order valence-corrected chi connectivity index (χ0v) is 20.9. The molecule has 186 valence electrons. The van der Waals surface area contributed by atoms with Crippen LogP contribution in [-0.4, -0.2) is 43.8 Å². The molecule has 2 aromatic carbocycles. The molecule has 1 aliphatic heterocycles.